The Morgan fingerprint density at radius 3 is 1.65 bits per heavy atom. The molecule has 0 aliphatic rings. The average molecular weight is 521 g/mol. The molecule has 8 rings (SSSR count). The molecule has 40 heavy (non-hydrogen) atoms. The monoisotopic (exact) mass is 520 g/mol. The average Bonchev–Trinajstić information content (AvgIpc) is 3.18. The molecule has 0 radical (unpaired) electrons. The number of hydrogen-bond donors (Lipinski definition) is 0. The maximum absolute atomic E-state index is 9.24. The van der Waals surface area contributed by atoms with Gasteiger partial charge in [0, 0.05) is 0 Å². The van der Waals surface area contributed by atoms with Gasteiger partial charge in [-0.15, -0.1) is 0 Å². The zero-order chi connectivity index (χ0) is 38.7. The predicted octanol–water partition coefficient (Wildman–Crippen LogP) is 11.3. The van der Waals surface area contributed by atoms with Crippen molar-refractivity contribution in [3.05, 3.63) is 157 Å². The molecular weight excluding hydrogens is 480 g/mol. The van der Waals surface area contributed by atoms with E-state index >= 15 is 0 Å². The SMILES string of the molecule is [2H]c1cc2c(-c3c4c([2H])c([2H])c([2H])c([2H])c4c(-c4ccc(-c5ccc6ccccc6c5)cc4)c4c([2H])c([2H])c([2H])c([2H])c34)c([2H])c([2H])c([2H])c2c([2H])c1[2H]. The van der Waals surface area contributed by atoms with Crippen molar-refractivity contribution in [2.24, 2.45) is 0 Å². The molecule has 0 aliphatic carbocycles. The van der Waals surface area contributed by atoms with Crippen LogP contribution in [0.4, 0.5) is 0 Å². The molecule has 0 heterocycles. The maximum Gasteiger partial charge on any atom is 0.0629 e. The third-order valence-electron chi connectivity index (χ3n) is 7.27. The van der Waals surface area contributed by atoms with Crippen LogP contribution in [0.25, 0.3) is 76.5 Å². The second-order valence-corrected chi connectivity index (χ2v) is 9.47. The van der Waals surface area contributed by atoms with Crippen LogP contribution in [-0.2, 0) is 0 Å². The smallest absolute Gasteiger partial charge is 0.0616 e. The van der Waals surface area contributed by atoms with E-state index in [1.807, 2.05) is 54.6 Å². The molecule has 0 unspecified atom stereocenters. The zero-order valence-corrected chi connectivity index (χ0v) is 20.9. The number of hydrogen-bond acceptors (Lipinski definition) is 0. The first-order chi connectivity index (χ1) is 25.6. The summed E-state index contributed by atoms with van der Waals surface area (Å²) in [6, 6.07) is 14.1. The van der Waals surface area contributed by atoms with Crippen LogP contribution in [0.5, 0.6) is 0 Å². The number of benzene rings is 8. The van der Waals surface area contributed by atoms with Gasteiger partial charge in [0.25, 0.3) is 0 Å². The third-order valence-corrected chi connectivity index (χ3v) is 7.27. The second-order valence-electron chi connectivity index (χ2n) is 9.47. The molecule has 0 nitrogen and oxygen atoms in total. The Hall–Kier alpha value is -5.20. The summed E-state index contributed by atoms with van der Waals surface area (Å²) in [5, 5.41) is 1.13. The van der Waals surface area contributed by atoms with Gasteiger partial charge >= 0.3 is 0 Å². The van der Waals surface area contributed by atoms with Crippen LogP contribution in [0.2, 0.25) is 0 Å². The highest BCUT2D eigenvalue weighted by Crippen LogP contribution is 2.45. The summed E-state index contributed by atoms with van der Waals surface area (Å²) in [5.41, 5.74) is 1.74. The van der Waals surface area contributed by atoms with E-state index in [1.54, 1.807) is 12.1 Å². The van der Waals surface area contributed by atoms with Crippen LogP contribution >= 0.6 is 0 Å². The van der Waals surface area contributed by atoms with Gasteiger partial charge in [0.2, 0.25) is 0 Å². The van der Waals surface area contributed by atoms with Gasteiger partial charge in [0.15, 0.2) is 0 Å². The Kier molecular flexibility index (Phi) is 2.94. The largest absolute Gasteiger partial charge is 0.0629 e. The van der Waals surface area contributed by atoms with Crippen LogP contribution in [-0.4, -0.2) is 0 Å². The molecule has 0 spiro atoms. The summed E-state index contributed by atoms with van der Waals surface area (Å²) >= 11 is 0. The Morgan fingerprint density at radius 2 is 0.925 bits per heavy atom. The second kappa shape index (κ2) is 9.22. The first kappa shape index (κ1) is 12.8. The van der Waals surface area contributed by atoms with E-state index in [1.165, 1.54) is 0 Å². The summed E-state index contributed by atoms with van der Waals surface area (Å²) in [6.45, 7) is 0. The van der Waals surface area contributed by atoms with Gasteiger partial charge < -0.3 is 0 Å². The van der Waals surface area contributed by atoms with Gasteiger partial charge in [-0.25, -0.2) is 0 Å². The van der Waals surface area contributed by atoms with Crippen molar-refractivity contribution < 1.29 is 19.2 Å². The fraction of sp³-hybridized carbons (Fsp3) is 0. The Labute approximate surface area is 253 Å². The highest BCUT2D eigenvalue weighted by molar-refractivity contribution is 6.23. The van der Waals surface area contributed by atoms with E-state index in [0.29, 0.717) is 5.56 Å². The van der Waals surface area contributed by atoms with Gasteiger partial charge in [-0.1, -0.05) is 151 Å². The molecule has 186 valence electrons. The lowest BCUT2D eigenvalue weighted by molar-refractivity contribution is 1.63. The third kappa shape index (κ3) is 3.61. The van der Waals surface area contributed by atoms with Crippen LogP contribution in [0, 0.1) is 0 Å². The fourth-order valence-corrected chi connectivity index (χ4v) is 5.42. The normalized spacial score (nSPS) is 16.4. The van der Waals surface area contributed by atoms with Crippen molar-refractivity contribution in [2.75, 3.05) is 0 Å². The lowest BCUT2D eigenvalue weighted by Gasteiger charge is -2.19. The minimum Gasteiger partial charge on any atom is -0.0616 e. The highest BCUT2D eigenvalue weighted by atomic mass is 14.2. The quantitative estimate of drug-likeness (QED) is 0.203. The predicted molar refractivity (Wildman–Crippen MR) is 173 cm³/mol. The van der Waals surface area contributed by atoms with E-state index in [2.05, 4.69) is 0 Å². The Morgan fingerprint density at radius 1 is 0.350 bits per heavy atom. The Bertz CT molecular complexity index is 2880. The summed E-state index contributed by atoms with van der Waals surface area (Å²) in [4.78, 5) is 0. The molecule has 0 saturated carbocycles. The van der Waals surface area contributed by atoms with Gasteiger partial charge in [-0.2, -0.15) is 0 Å². The molecule has 0 aromatic heterocycles. The van der Waals surface area contributed by atoms with Crippen LogP contribution in [0.3, 0.4) is 0 Å². The molecule has 0 amide bonds. The van der Waals surface area contributed by atoms with E-state index < -0.39 is 84.6 Å². The summed E-state index contributed by atoms with van der Waals surface area (Å²) in [5.74, 6) is 0. The molecule has 0 heteroatoms. The first-order valence-electron chi connectivity index (χ1n) is 19.7. The molecule has 0 saturated heterocycles. The molecule has 0 N–H and O–H groups in total. The molecule has 0 aliphatic heterocycles. The number of fused-ring (bicyclic) bond motifs is 4. The Balaban J connectivity index is 1.59. The van der Waals surface area contributed by atoms with Gasteiger partial charge in [0.05, 0.1) is 19.2 Å². The molecular formula is C40H26. The fourth-order valence-electron chi connectivity index (χ4n) is 5.42. The van der Waals surface area contributed by atoms with Crippen molar-refractivity contribution in [3.8, 4) is 33.4 Å². The van der Waals surface area contributed by atoms with Gasteiger partial charge in [-0.05, 0) is 82.5 Å². The van der Waals surface area contributed by atoms with E-state index in [9.17, 15) is 5.48 Å². The molecule has 0 bridgehead atoms. The van der Waals surface area contributed by atoms with Crippen molar-refractivity contribution >= 4 is 43.1 Å². The molecule has 8 aromatic rings. The van der Waals surface area contributed by atoms with Crippen LogP contribution in [0.1, 0.15) is 19.2 Å². The summed E-state index contributed by atoms with van der Waals surface area (Å²) < 4.78 is 124. The minimum absolute atomic E-state index is 0.0997. The molecule has 8 aromatic carbocycles. The lowest BCUT2D eigenvalue weighted by Crippen LogP contribution is -1.91. The van der Waals surface area contributed by atoms with Crippen molar-refractivity contribution in [1.29, 1.82) is 0 Å². The van der Waals surface area contributed by atoms with Crippen molar-refractivity contribution in [1.82, 2.24) is 0 Å². The topological polar surface area (TPSA) is 0 Å². The van der Waals surface area contributed by atoms with Gasteiger partial charge in [-0.3, -0.25) is 0 Å². The first-order valence-corrected chi connectivity index (χ1v) is 12.7. The number of rotatable bonds is 3. The minimum atomic E-state index is -0.667. The van der Waals surface area contributed by atoms with Crippen LogP contribution in [0.15, 0.2) is 157 Å². The van der Waals surface area contributed by atoms with Crippen molar-refractivity contribution in [2.45, 2.75) is 0 Å². The summed E-state index contributed by atoms with van der Waals surface area (Å²) in [6.07, 6.45) is 0. The summed E-state index contributed by atoms with van der Waals surface area (Å²) in [7, 11) is 0. The zero-order valence-electron chi connectivity index (χ0n) is 34.9. The molecule has 0 atom stereocenters. The van der Waals surface area contributed by atoms with E-state index in [0.717, 1.165) is 28.0 Å². The maximum atomic E-state index is 9.24. The molecule has 0 fully saturated rings. The van der Waals surface area contributed by atoms with Gasteiger partial charge in [0.1, 0.15) is 0 Å². The van der Waals surface area contributed by atoms with E-state index in [-0.39, 0.29) is 49.0 Å². The van der Waals surface area contributed by atoms with Crippen molar-refractivity contribution in [3.63, 3.8) is 0 Å². The highest BCUT2D eigenvalue weighted by Gasteiger charge is 2.17. The van der Waals surface area contributed by atoms with E-state index in [4.69, 9.17) is 13.7 Å². The van der Waals surface area contributed by atoms with Crippen LogP contribution < -0.4 is 0 Å². The standard InChI is InChI=1S/C40H26/c1-2-12-31-26-32(25-22-27(31)10-1)28-20-23-30(24-21-28)39-35-15-5-7-17-37(35)40(38-18-8-6-16-36(38)39)34-19-9-13-29-11-3-4-14-33(29)34/h1-26H/i3D,4D,5D,6D,7D,8D,9D,11D,13D,15D,16D,17D,18D,19D. The lowest BCUT2D eigenvalue weighted by atomic mass is 9.84.